The molecule has 0 spiro atoms. The van der Waals surface area contributed by atoms with Crippen molar-refractivity contribution in [3.8, 4) is 0 Å². The van der Waals surface area contributed by atoms with Gasteiger partial charge in [-0.05, 0) is 47.7 Å². The Balaban J connectivity index is 0.00000225. The fraction of sp³-hybridized carbons (Fsp3) is 0.300. The molecule has 1 atom stereocenters. The molecule has 0 aliphatic rings. The molecule has 1 aromatic carbocycles. The van der Waals surface area contributed by atoms with E-state index in [4.69, 9.17) is 5.73 Å². The summed E-state index contributed by atoms with van der Waals surface area (Å²) < 4.78 is 1.89. The van der Waals surface area contributed by atoms with E-state index in [-0.39, 0.29) is 24.4 Å². The first-order chi connectivity index (χ1) is 7.04. The van der Waals surface area contributed by atoms with Gasteiger partial charge in [-0.15, -0.1) is 12.4 Å². The number of nitrogens with one attached hydrogen (secondary N) is 1. The van der Waals surface area contributed by atoms with Crippen LogP contribution < -0.4 is 11.1 Å². The number of rotatable bonds is 3. The van der Waals surface area contributed by atoms with Gasteiger partial charge in [0, 0.05) is 20.6 Å². The van der Waals surface area contributed by atoms with Crippen LogP contribution in [0.15, 0.2) is 22.7 Å². The molecule has 0 aliphatic carbocycles. The molecule has 0 aromatic heterocycles. The summed E-state index contributed by atoms with van der Waals surface area (Å²) in [7, 11) is 0. The van der Waals surface area contributed by atoms with Crippen LogP contribution in [0.4, 0.5) is 0 Å². The number of halogens is 3. The summed E-state index contributed by atoms with van der Waals surface area (Å²) >= 11 is 5.49. The van der Waals surface area contributed by atoms with Crippen LogP contribution in [0.1, 0.15) is 17.3 Å². The lowest BCUT2D eigenvalue weighted by Crippen LogP contribution is -2.38. The monoisotopic (exact) mass is 418 g/mol. The second-order valence-electron chi connectivity index (χ2n) is 3.23. The highest BCUT2D eigenvalue weighted by molar-refractivity contribution is 14.1. The molecule has 1 aromatic rings. The Hall–Kier alpha value is 0.150. The molecule has 0 saturated heterocycles. The van der Waals surface area contributed by atoms with Crippen LogP contribution in [0.3, 0.4) is 0 Å². The molecule has 6 heteroatoms. The van der Waals surface area contributed by atoms with Crippen molar-refractivity contribution in [2.24, 2.45) is 5.73 Å². The molecule has 1 amide bonds. The molecule has 90 valence electrons. The summed E-state index contributed by atoms with van der Waals surface area (Å²) in [6, 6.07) is 5.55. The Morgan fingerprint density at radius 1 is 1.62 bits per heavy atom. The molecule has 3 N–H and O–H groups in total. The van der Waals surface area contributed by atoms with Crippen molar-refractivity contribution >= 4 is 56.8 Å². The van der Waals surface area contributed by atoms with Gasteiger partial charge in [0.1, 0.15) is 0 Å². The summed E-state index contributed by atoms with van der Waals surface area (Å²) in [5, 5.41) is 2.82. The van der Waals surface area contributed by atoms with Crippen LogP contribution in [0.2, 0.25) is 0 Å². The fourth-order valence-corrected chi connectivity index (χ4v) is 2.58. The van der Waals surface area contributed by atoms with Gasteiger partial charge in [0.25, 0.3) is 5.91 Å². The maximum absolute atomic E-state index is 11.8. The first-order valence-electron chi connectivity index (χ1n) is 4.50. The van der Waals surface area contributed by atoms with E-state index >= 15 is 0 Å². The van der Waals surface area contributed by atoms with Gasteiger partial charge < -0.3 is 11.1 Å². The second-order valence-corrected chi connectivity index (χ2v) is 5.31. The number of carbonyl (C=O) groups is 1. The van der Waals surface area contributed by atoms with E-state index in [2.05, 4.69) is 43.8 Å². The molecule has 0 saturated carbocycles. The first kappa shape index (κ1) is 16.1. The Morgan fingerprint density at radius 2 is 2.25 bits per heavy atom. The topological polar surface area (TPSA) is 55.1 Å². The van der Waals surface area contributed by atoms with E-state index in [0.29, 0.717) is 12.1 Å². The highest BCUT2D eigenvalue weighted by Crippen LogP contribution is 2.18. The lowest BCUT2D eigenvalue weighted by atomic mass is 10.2. The van der Waals surface area contributed by atoms with Crippen molar-refractivity contribution in [1.82, 2.24) is 5.32 Å². The zero-order valence-electron chi connectivity index (χ0n) is 8.67. The number of amides is 1. The smallest absolute Gasteiger partial charge is 0.252 e. The van der Waals surface area contributed by atoms with Crippen LogP contribution in [-0.2, 0) is 0 Å². The molecule has 3 nitrogen and oxygen atoms in total. The lowest BCUT2D eigenvalue weighted by molar-refractivity contribution is 0.0940. The molecule has 0 radical (unpaired) electrons. The maximum atomic E-state index is 11.8. The van der Waals surface area contributed by atoms with Gasteiger partial charge >= 0.3 is 0 Å². The average molecular weight is 419 g/mol. The summed E-state index contributed by atoms with van der Waals surface area (Å²) in [5.74, 6) is -0.0788. The Kier molecular flexibility index (Phi) is 7.54. The first-order valence-corrected chi connectivity index (χ1v) is 6.37. The van der Waals surface area contributed by atoms with Gasteiger partial charge in [-0.1, -0.05) is 15.9 Å². The highest BCUT2D eigenvalue weighted by atomic mass is 127. The van der Waals surface area contributed by atoms with E-state index < -0.39 is 0 Å². The van der Waals surface area contributed by atoms with E-state index in [1.807, 2.05) is 19.1 Å². The fourth-order valence-electron chi connectivity index (χ4n) is 1.03. The van der Waals surface area contributed by atoms with Crippen molar-refractivity contribution in [3.05, 3.63) is 31.8 Å². The maximum Gasteiger partial charge on any atom is 0.252 e. The van der Waals surface area contributed by atoms with Crippen molar-refractivity contribution < 1.29 is 4.79 Å². The van der Waals surface area contributed by atoms with Crippen molar-refractivity contribution in [2.45, 2.75) is 13.0 Å². The van der Waals surface area contributed by atoms with Crippen LogP contribution in [-0.4, -0.2) is 18.5 Å². The molecular weight excluding hydrogens is 406 g/mol. The molecule has 16 heavy (non-hydrogen) atoms. The minimum Gasteiger partial charge on any atom is -0.348 e. The normalized spacial score (nSPS) is 11.5. The quantitative estimate of drug-likeness (QED) is 0.740. The number of carbonyl (C=O) groups excluding carboxylic acids is 1. The number of hydrogen-bond donors (Lipinski definition) is 2. The number of nitrogens with two attached hydrogens (primary N) is 1. The van der Waals surface area contributed by atoms with E-state index in [1.165, 1.54) is 0 Å². The summed E-state index contributed by atoms with van der Waals surface area (Å²) in [4.78, 5) is 11.8. The van der Waals surface area contributed by atoms with Crippen LogP contribution in [0.5, 0.6) is 0 Å². The molecule has 0 heterocycles. The Labute approximate surface area is 123 Å². The Morgan fingerprint density at radius 3 is 2.75 bits per heavy atom. The molecule has 0 aliphatic heterocycles. The predicted octanol–water partition coefficient (Wildman–Crippen LogP) is 2.55. The zero-order chi connectivity index (χ0) is 11.4. The number of hydrogen-bond acceptors (Lipinski definition) is 2. The van der Waals surface area contributed by atoms with Crippen LogP contribution in [0.25, 0.3) is 0 Å². The highest BCUT2D eigenvalue weighted by Gasteiger charge is 2.11. The molecule has 1 rings (SSSR count). The summed E-state index contributed by atoms with van der Waals surface area (Å²) in [6.07, 6.45) is 0. The third-order valence-electron chi connectivity index (χ3n) is 1.91. The van der Waals surface area contributed by atoms with E-state index in [0.717, 1.165) is 8.04 Å². The standard InChI is InChI=1S/C10H12BrIN2O.ClH/c1-6(5-13)14-10(15)8-3-2-7(11)4-9(8)12;/h2-4,6H,5,13H2,1H3,(H,14,15);1H/t6-;/m0./s1. The molecular formula is C10H13BrClIN2O. The number of benzene rings is 1. The van der Waals surface area contributed by atoms with Crippen LogP contribution in [0, 0.1) is 3.57 Å². The summed E-state index contributed by atoms with van der Waals surface area (Å²) in [5.41, 5.74) is 6.12. The third-order valence-corrected chi connectivity index (χ3v) is 3.29. The SMILES string of the molecule is C[C@@H](CN)NC(=O)c1ccc(Br)cc1I.Cl. The predicted molar refractivity (Wildman–Crippen MR) is 80.1 cm³/mol. The second kappa shape index (κ2) is 7.47. The van der Waals surface area contributed by atoms with Crippen LogP contribution >= 0.6 is 50.9 Å². The van der Waals surface area contributed by atoms with Crippen molar-refractivity contribution in [3.63, 3.8) is 0 Å². The third kappa shape index (κ3) is 4.57. The van der Waals surface area contributed by atoms with Gasteiger partial charge in [-0.25, -0.2) is 0 Å². The van der Waals surface area contributed by atoms with Gasteiger partial charge in [-0.3, -0.25) is 4.79 Å². The average Bonchev–Trinajstić information content (AvgIpc) is 2.17. The van der Waals surface area contributed by atoms with E-state index in [9.17, 15) is 4.79 Å². The molecule has 0 unspecified atom stereocenters. The van der Waals surface area contributed by atoms with Crippen molar-refractivity contribution in [1.29, 1.82) is 0 Å². The minimum atomic E-state index is -0.0788. The van der Waals surface area contributed by atoms with Gasteiger partial charge in [-0.2, -0.15) is 0 Å². The zero-order valence-corrected chi connectivity index (χ0v) is 13.2. The Bertz CT molecular complexity index is 376. The molecule has 0 bridgehead atoms. The van der Waals surface area contributed by atoms with Gasteiger partial charge in [0.15, 0.2) is 0 Å². The molecule has 0 fully saturated rings. The lowest BCUT2D eigenvalue weighted by Gasteiger charge is -2.12. The minimum absolute atomic E-state index is 0. The largest absolute Gasteiger partial charge is 0.348 e. The van der Waals surface area contributed by atoms with E-state index in [1.54, 1.807) is 6.07 Å². The van der Waals surface area contributed by atoms with Gasteiger partial charge in [0.05, 0.1) is 5.56 Å². The van der Waals surface area contributed by atoms with Crippen molar-refractivity contribution in [2.75, 3.05) is 6.54 Å². The summed E-state index contributed by atoms with van der Waals surface area (Å²) in [6.45, 7) is 2.32. The van der Waals surface area contributed by atoms with Gasteiger partial charge in [0.2, 0.25) is 0 Å².